The second-order valence-electron chi connectivity index (χ2n) is 3.78. The number of hydrogen-bond donors (Lipinski definition) is 0. The molecule has 0 aliphatic rings. The van der Waals surface area contributed by atoms with Crippen molar-refractivity contribution in [3.05, 3.63) is 62.6 Å². The third-order valence-electron chi connectivity index (χ3n) is 2.43. The molecule has 0 aromatic heterocycles. The summed E-state index contributed by atoms with van der Waals surface area (Å²) in [7, 11) is 0. The van der Waals surface area contributed by atoms with Crippen molar-refractivity contribution in [2.75, 3.05) is 0 Å². The molecular formula is C13H7BrNO4S-. The predicted molar refractivity (Wildman–Crippen MR) is 75.7 cm³/mol. The maximum atomic E-state index is 11.0. The number of halogens is 1. The number of aromatic carboxylic acids is 1. The van der Waals surface area contributed by atoms with E-state index in [1.807, 2.05) is 24.3 Å². The van der Waals surface area contributed by atoms with Crippen LogP contribution in [0, 0.1) is 10.1 Å². The summed E-state index contributed by atoms with van der Waals surface area (Å²) in [5.74, 6) is -1.44. The molecule has 0 fully saturated rings. The van der Waals surface area contributed by atoms with Crippen molar-refractivity contribution in [1.29, 1.82) is 0 Å². The number of hydrogen-bond acceptors (Lipinski definition) is 5. The van der Waals surface area contributed by atoms with Gasteiger partial charge in [-0.3, -0.25) is 10.1 Å². The van der Waals surface area contributed by atoms with Crippen molar-refractivity contribution in [3.63, 3.8) is 0 Å². The maximum Gasteiger partial charge on any atom is 0.283 e. The van der Waals surface area contributed by atoms with E-state index in [0.29, 0.717) is 4.90 Å². The average Bonchev–Trinajstić information content (AvgIpc) is 2.41. The van der Waals surface area contributed by atoms with Gasteiger partial charge in [-0.15, -0.1) is 0 Å². The lowest BCUT2D eigenvalue weighted by molar-refractivity contribution is -0.387. The molecule has 0 amide bonds. The molecule has 2 aromatic carbocycles. The minimum absolute atomic E-state index is 0.211. The average molecular weight is 353 g/mol. The number of nitro groups is 1. The largest absolute Gasteiger partial charge is 0.545 e. The molecule has 0 saturated carbocycles. The smallest absolute Gasteiger partial charge is 0.283 e. The van der Waals surface area contributed by atoms with Gasteiger partial charge in [0.25, 0.3) is 5.69 Å². The lowest BCUT2D eigenvalue weighted by atomic mass is 10.2. The fourth-order valence-corrected chi connectivity index (χ4v) is 2.67. The van der Waals surface area contributed by atoms with E-state index in [2.05, 4.69) is 15.9 Å². The summed E-state index contributed by atoms with van der Waals surface area (Å²) >= 11 is 4.50. The van der Waals surface area contributed by atoms with E-state index in [9.17, 15) is 20.0 Å². The summed E-state index contributed by atoms with van der Waals surface area (Å²) in [4.78, 5) is 22.3. The highest BCUT2D eigenvalue weighted by atomic mass is 79.9. The van der Waals surface area contributed by atoms with E-state index in [1.165, 1.54) is 23.9 Å². The van der Waals surface area contributed by atoms with Gasteiger partial charge in [0.05, 0.1) is 15.8 Å². The van der Waals surface area contributed by atoms with Crippen LogP contribution in [0.4, 0.5) is 5.69 Å². The van der Waals surface area contributed by atoms with Crippen LogP contribution in [-0.2, 0) is 0 Å². The monoisotopic (exact) mass is 352 g/mol. The third-order valence-corrected chi connectivity index (χ3v) is 4.03. The molecule has 20 heavy (non-hydrogen) atoms. The molecule has 0 heterocycles. The van der Waals surface area contributed by atoms with Gasteiger partial charge in [-0.25, -0.2) is 0 Å². The summed E-state index contributed by atoms with van der Waals surface area (Å²) in [6.07, 6.45) is 0. The zero-order valence-corrected chi connectivity index (χ0v) is 12.3. The minimum Gasteiger partial charge on any atom is -0.545 e. The Morgan fingerprint density at radius 1 is 1.15 bits per heavy atom. The fourth-order valence-electron chi connectivity index (χ4n) is 1.50. The van der Waals surface area contributed by atoms with Crippen molar-refractivity contribution in [2.45, 2.75) is 9.79 Å². The Labute approximate surface area is 126 Å². The van der Waals surface area contributed by atoms with E-state index in [-0.39, 0.29) is 11.3 Å². The SMILES string of the molecule is O=C([O-])c1ccc(Sc2ccc(Br)cc2)c([N+](=O)[O-])c1. The Morgan fingerprint density at radius 2 is 1.80 bits per heavy atom. The first-order valence-electron chi connectivity index (χ1n) is 5.40. The van der Waals surface area contributed by atoms with Crippen LogP contribution in [0.15, 0.2) is 56.7 Å². The van der Waals surface area contributed by atoms with Crippen LogP contribution in [0.1, 0.15) is 10.4 Å². The quantitative estimate of drug-likeness (QED) is 0.623. The summed E-state index contributed by atoms with van der Waals surface area (Å²) in [6.45, 7) is 0. The number of rotatable bonds is 4. The topological polar surface area (TPSA) is 83.3 Å². The molecule has 0 bridgehead atoms. The van der Waals surface area contributed by atoms with Gasteiger partial charge in [0.15, 0.2) is 0 Å². The van der Waals surface area contributed by atoms with E-state index >= 15 is 0 Å². The van der Waals surface area contributed by atoms with Gasteiger partial charge < -0.3 is 9.90 Å². The normalized spacial score (nSPS) is 10.2. The van der Waals surface area contributed by atoms with Crippen LogP contribution in [0.25, 0.3) is 0 Å². The van der Waals surface area contributed by atoms with Crippen molar-refractivity contribution < 1.29 is 14.8 Å². The first-order chi connectivity index (χ1) is 9.47. The van der Waals surface area contributed by atoms with Gasteiger partial charge in [0.1, 0.15) is 0 Å². The Morgan fingerprint density at radius 3 is 2.35 bits per heavy atom. The molecule has 0 spiro atoms. The molecule has 0 saturated heterocycles. The maximum absolute atomic E-state index is 11.0. The van der Waals surface area contributed by atoms with Gasteiger partial charge in [0, 0.05) is 21.0 Å². The first kappa shape index (κ1) is 14.5. The van der Waals surface area contributed by atoms with Gasteiger partial charge in [0.2, 0.25) is 0 Å². The Hall–Kier alpha value is -1.86. The fraction of sp³-hybridized carbons (Fsp3) is 0. The zero-order valence-electron chi connectivity index (χ0n) is 9.91. The molecule has 0 unspecified atom stereocenters. The molecule has 0 N–H and O–H groups in total. The molecule has 0 atom stereocenters. The van der Waals surface area contributed by atoms with Gasteiger partial charge in [-0.1, -0.05) is 33.8 Å². The minimum atomic E-state index is -1.44. The Balaban J connectivity index is 2.38. The van der Waals surface area contributed by atoms with Crippen molar-refractivity contribution in [2.24, 2.45) is 0 Å². The number of carboxylic acid groups (broad SMARTS) is 1. The molecule has 0 aliphatic heterocycles. The number of nitrogens with zero attached hydrogens (tertiary/aromatic N) is 1. The second kappa shape index (κ2) is 6.06. The Kier molecular flexibility index (Phi) is 4.41. The molecule has 0 radical (unpaired) electrons. The summed E-state index contributed by atoms with van der Waals surface area (Å²) in [6, 6.07) is 11.0. The van der Waals surface area contributed by atoms with Gasteiger partial charge >= 0.3 is 0 Å². The molecule has 7 heteroatoms. The lowest BCUT2D eigenvalue weighted by Gasteiger charge is -2.06. The molecule has 102 valence electrons. The standard InChI is InChI=1S/C13H8BrNO4S/c14-9-2-4-10(5-3-9)20-12-6-1-8(13(16)17)7-11(12)15(18)19/h1-7H,(H,16,17)/p-1. The molecule has 2 aromatic rings. The summed E-state index contributed by atoms with van der Waals surface area (Å²) < 4.78 is 0.906. The van der Waals surface area contributed by atoms with Crippen molar-refractivity contribution >= 4 is 39.3 Å². The second-order valence-corrected chi connectivity index (χ2v) is 5.81. The van der Waals surface area contributed by atoms with E-state index < -0.39 is 10.9 Å². The molecule has 2 rings (SSSR count). The Bertz CT molecular complexity index is 673. The number of carboxylic acids is 1. The highest BCUT2D eigenvalue weighted by Crippen LogP contribution is 2.35. The first-order valence-corrected chi connectivity index (χ1v) is 7.01. The van der Waals surface area contributed by atoms with Crippen LogP contribution in [0.2, 0.25) is 0 Å². The summed E-state index contributed by atoms with van der Waals surface area (Å²) in [5.41, 5.74) is -0.462. The van der Waals surface area contributed by atoms with E-state index in [0.717, 1.165) is 15.4 Å². The highest BCUT2D eigenvalue weighted by Gasteiger charge is 2.16. The predicted octanol–water partition coefficient (Wildman–Crippen LogP) is 2.87. The van der Waals surface area contributed by atoms with E-state index in [1.54, 1.807) is 0 Å². The summed E-state index contributed by atoms with van der Waals surface area (Å²) in [5, 5.41) is 21.7. The van der Waals surface area contributed by atoms with Crippen molar-refractivity contribution in [3.8, 4) is 0 Å². The molecule has 5 nitrogen and oxygen atoms in total. The molecular weight excluding hydrogens is 346 g/mol. The van der Waals surface area contributed by atoms with Crippen LogP contribution in [-0.4, -0.2) is 10.9 Å². The van der Waals surface area contributed by atoms with Crippen LogP contribution in [0.5, 0.6) is 0 Å². The number of benzene rings is 2. The van der Waals surface area contributed by atoms with Crippen LogP contribution < -0.4 is 5.11 Å². The molecule has 0 aliphatic carbocycles. The number of carbonyl (C=O) groups excluding carboxylic acids is 1. The van der Waals surface area contributed by atoms with Crippen molar-refractivity contribution in [1.82, 2.24) is 0 Å². The third kappa shape index (κ3) is 3.37. The van der Waals surface area contributed by atoms with Gasteiger partial charge in [-0.05, 0) is 30.3 Å². The number of nitro benzene ring substituents is 1. The van der Waals surface area contributed by atoms with Gasteiger partial charge in [-0.2, -0.15) is 0 Å². The number of carbonyl (C=O) groups is 1. The van der Waals surface area contributed by atoms with Crippen LogP contribution in [0.3, 0.4) is 0 Å². The lowest BCUT2D eigenvalue weighted by Crippen LogP contribution is -2.22. The highest BCUT2D eigenvalue weighted by molar-refractivity contribution is 9.10. The van der Waals surface area contributed by atoms with Crippen LogP contribution >= 0.6 is 27.7 Å². The zero-order chi connectivity index (χ0) is 14.7. The van der Waals surface area contributed by atoms with E-state index in [4.69, 9.17) is 0 Å².